The predicted molar refractivity (Wildman–Crippen MR) is 88.6 cm³/mol. The summed E-state index contributed by atoms with van der Waals surface area (Å²) in [6.45, 7) is 0.409. The molecule has 0 aliphatic rings. The molecule has 112 valence electrons. The zero-order valence-corrected chi connectivity index (χ0v) is 13.7. The molecule has 0 saturated carbocycles. The molecule has 21 heavy (non-hydrogen) atoms. The lowest BCUT2D eigenvalue weighted by Gasteiger charge is -2.06. The summed E-state index contributed by atoms with van der Waals surface area (Å²) in [4.78, 5) is 1.35. The van der Waals surface area contributed by atoms with Crippen LogP contribution in [0.5, 0.6) is 0 Å². The molecule has 6 heteroatoms. The molecule has 0 bridgehead atoms. The minimum Gasteiger partial charge on any atom is -0.326 e. The summed E-state index contributed by atoms with van der Waals surface area (Å²) in [6.07, 6.45) is 0. The largest absolute Gasteiger partial charge is 0.326 e. The second-order valence-corrected chi connectivity index (χ2v) is 8.18. The number of nitrogens with two attached hydrogens (primary N) is 1. The standard InChI is InChI=1S/C15H16ClNO2S2/c16-13-3-5-14(6-4-13)20-9-10-21(18,19)15-7-1-12(11-17)2-8-15/h1-8H,9-11,17H2. The second-order valence-electron chi connectivity index (χ2n) is 4.47. The van der Waals surface area contributed by atoms with E-state index in [1.54, 1.807) is 36.4 Å². The van der Waals surface area contributed by atoms with Crippen molar-refractivity contribution in [2.45, 2.75) is 16.3 Å². The van der Waals surface area contributed by atoms with Crippen LogP contribution in [0, 0.1) is 0 Å². The normalized spacial score (nSPS) is 11.5. The number of hydrogen-bond acceptors (Lipinski definition) is 4. The van der Waals surface area contributed by atoms with Crippen LogP contribution in [0.15, 0.2) is 58.3 Å². The fraction of sp³-hybridized carbons (Fsp3) is 0.200. The number of rotatable bonds is 6. The van der Waals surface area contributed by atoms with Gasteiger partial charge in [0, 0.05) is 22.2 Å². The summed E-state index contributed by atoms with van der Waals surface area (Å²) >= 11 is 7.31. The van der Waals surface area contributed by atoms with Gasteiger partial charge < -0.3 is 5.73 Å². The number of sulfone groups is 1. The molecule has 0 heterocycles. The number of thioether (sulfide) groups is 1. The number of halogens is 1. The second kappa shape index (κ2) is 7.31. The van der Waals surface area contributed by atoms with Gasteiger partial charge in [0.25, 0.3) is 0 Å². The Labute approximate surface area is 134 Å². The highest BCUT2D eigenvalue weighted by atomic mass is 35.5. The van der Waals surface area contributed by atoms with E-state index in [1.165, 1.54) is 11.8 Å². The lowest BCUT2D eigenvalue weighted by Crippen LogP contribution is -2.09. The number of benzene rings is 2. The van der Waals surface area contributed by atoms with E-state index in [4.69, 9.17) is 17.3 Å². The van der Waals surface area contributed by atoms with Crippen LogP contribution in [0.3, 0.4) is 0 Å². The zero-order valence-electron chi connectivity index (χ0n) is 11.3. The molecule has 2 aromatic rings. The monoisotopic (exact) mass is 341 g/mol. The summed E-state index contributed by atoms with van der Waals surface area (Å²) in [7, 11) is -3.25. The smallest absolute Gasteiger partial charge is 0.179 e. The van der Waals surface area contributed by atoms with Gasteiger partial charge >= 0.3 is 0 Å². The van der Waals surface area contributed by atoms with Crippen molar-refractivity contribution in [2.75, 3.05) is 11.5 Å². The van der Waals surface area contributed by atoms with Crippen molar-refractivity contribution in [2.24, 2.45) is 5.73 Å². The maximum absolute atomic E-state index is 12.2. The lowest BCUT2D eigenvalue weighted by atomic mass is 10.2. The van der Waals surface area contributed by atoms with Crippen LogP contribution in [0.25, 0.3) is 0 Å². The molecule has 0 spiro atoms. The quantitative estimate of drug-likeness (QED) is 0.818. The minimum atomic E-state index is -3.25. The molecule has 0 radical (unpaired) electrons. The van der Waals surface area contributed by atoms with Gasteiger partial charge in [-0.1, -0.05) is 23.7 Å². The highest BCUT2D eigenvalue weighted by Gasteiger charge is 2.14. The first kappa shape index (κ1) is 16.4. The van der Waals surface area contributed by atoms with E-state index in [-0.39, 0.29) is 5.75 Å². The zero-order chi connectivity index (χ0) is 15.3. The van der Waals surface area contributed by atoms with E-state index in [0.717, 1.165) is 10.5 Å². The molecular formula is C15H16ClNO2S2. The van der Waals surface area contributed by atoms with E-state index >= 15 is 0 Å². The Morgan fingerprint density at radius 3 is 2.19 bits per heavy atom. The lowest BCUT2D eigenvalue weighted by molar-refractivity contribution is 0.597. The van der Waals surface area contributed by atoms with Gasteiger partial charge in [0.2, 0.25) is 0 Å². The van der Waals surface area contributed by atoms with Crippen LogP contribution in [0.2, 0.25) is 5.02 Å². The van der Waals surface area contributed by atoms with Crippen molar-refractivity contribution in [1.29, 1.82) is 0 Å². The first-order valence-corrected chi connectivity index (χ1v) is 9.43. The molecule has 2 N–H and O–H groups in total. The molecule has 0 unspecified atom stereocenters. The molecule has 0 aromatic heterocycles. The fourth-order valence-electron chi connectivity index (χ4n) is 1.75. The molecule has 0 aliphatic carbocycles. The van der Waals surface area contributed by atoms with E-state index in [0.29, 0.717) is 22.2 Å². The van der Waals surface area contributed by atoms with Gasteiger partial charge in [-0.05, 0) is 42.0 Å². The van der Waals surface area contributed by atoms with Crippen molar-refractivity contribution in [3.8, 4) is 0 Å². The van der Waals surface area contributed by atoms with Gasteiger partial charge in [0.05, 0.1) is 10.6 Å². The average Bonchev–Trinajstić information content (AvgIpc) is 2.49. The molecule has 2 aromatic carbocycles. The molecule has 2 rings (SSSR count). The third kappa shape index (κ3) is 4.74. The SMILES string of the molecule is NCc1ccc(S(=O)(=O)CCSc2ccc(Cl)cc2)cc1. The van der Waals surface area contributed by atoms with Gasteiger partial charge in [-0.15, -0.1) is 11.8 Å². The van der Waals surface area contributed by atoms with E-state index in [9.17, 15) is 8.42 Å². The maximum atomic E-state index is 12.2. The topological polar surface area (TPSA) is 60.2 Å². The van der Waals surface area contributed by atoms with Gasteiger partial charge in [-0.25, -0.2) is 8.42 Å². The molecule has 0 atom stereocenters. The summed E-state index contributed by atoms with van der Waals surface area (Å²) in [5, 5.41) is 0.673. The number of hydrogen-bond donors (Lipinski definition) is 1. The molecule has 0 fully saturated rings. The third-order valence-electron chi connectivity index (χ3n) is 2.95. The van der Waals surface area contributed by atoms with Gasteiger partial charge in [-0.2, -0.15) is 0 Å². The Morgan fingerprint density at radius 2 is 1.62 bits per heavy atom. The molecule has 3 nitrogen and oxygen atoms in total. The summed E-state index contributed by atoms with van der Waals surface area (Å²) in [5.74, 6) is 0.602. The highest BCUT2D eigenvalue weighted by Crippen LogP contribution is 2.22. The van der Waals surface area contributed by atoms with E-state index in [1.807, 2.05) is 12.1 Å². The average molecular weight is 342 g/mol. The highest BCUT2D eigenvalue weighted by molar-refractivity contribution is 8.00. The maximum Gasteiger partial charge on any atom is 0.179 e. The Morgan fingerprint density at radius 1 is 1.00 bits per heavy atom. The molecular weight excluding hydrogens is 326 g/mol. The van der Waals surface area contributed by atoms with Gasteiger partial charge in [0.15, 0.2) is 9.84 Å². The first-order valence-electron chi connectivity index (χ1n) is 6.41. The first-order chi connectivity index (χ1) is 10.0. The Balaban J connectivity index is 1.95. The van der Waals surface area contributed by atoms with Gasteiger partial charge in [0.1, 0.15) is 0 Å². The predicted octanol–water partition coefficient (Wildman–Crippen LogP) is 3.36. The summed E-state index contributed by atoms with van der Waals surface area (Å²) in [5.41, 5.74) is 6.42. The third-order valence-corrected chi connectivity index (χ3v) is 6.21. The van der Waals surface area contributed by atoms with Crippen LogP contribution in [0.4, 0.5) is 0 Å². The summed E-state index contributed by atoms with van der Waals surface area (Å²) in [6, 6.07) is 14.1. The van der Waals surface area contributed by atoms with Crippen LogP contribution in [-0.4, -0.2) is 19.9 Å². The van der Waals surface area contributed by atoms with Crippen molar-refractivity contribution in [3.63, 3.8) is 0 Å². The molecule has 0 amide bonds. The van der Waals surface area contributed by atoms with Gasteiger partial charge in [-0.3, -0.25) is 0 Å². The van der Waals surface area contributed by atoms with Crippen molar-refractivity contribution in [1.82, 2.24) is 0 Å². The van der Waals surface area contributed by atoms with Crippen LogP contribution in [-0.2, 0) is 16.4 Å². The van der Waals surface area contributed by atoms with E-state index in [2.05, 4.69) is 0 Å². The Hall–Kier alpha value is -1.01. The van der Waals surface area contributed by atoms with E-state index < -0.39 is 9.84 Å². The Kier molecular flexibility index (Phi) is 5.70. The molecule has 0 saturated heterocycles. The van der Waals surface area contributed by atoms with Crippen molar-refractivity contribution >= 4 is 33.2 Å². The fourth-order valence-corrected chi connectivity index (χ4v) is 4.44. The minimum absolute atomic E-state index is 0.0995. The summed E-state index contributed by atoms with van der Waals surface area (Å²) < 4.78 is 24.4. The van der Waals surface area contributed by atoms with Crippen LogP contribution >= 0.6 is 23.4 Å². The Bertz CT molecular complexity index is 683. The van der Waals surface area contributed by atoms with Crippen LogP contribution < -0.4 is 5.73 Å². The molecule has 0 aliphatic heterocycles. The van der Waals surface area contributed by atoms with Crippen molar-refractivity contribution < 1.29 is 8.42 Å². The van der Waals surface area contributed by atoms with Crippen LogP contribution in [0.1, 0.15) is 5.56 Å². The van der Waals surface area contributed by atoms with Crippen molar-refractivity contribution in [3.05, 3.63) is 59.1 Å².